The summed E-state index contributed by atoms with van der Waals surface area (Å²) in [4.78, 5) is 2.39. The SMILES string of the molecule is CC1CCN(CCCC2C3=C(CC=CC3)CC2O)CC1O. The minimum absolute atomic E-state index is 0.151. The lowest BCUT2D eigenvalue weighted by molar-refractivity contribution is 0.0275. The summed E-state index contributed by atoms with van der Waals surface area (Å²) in [7, 11) is 0. The Morgan fingerprint density at radius 1 is 1.19 bits per heavy atom. The molecule has 4 atom stereocenters. The first kappa shape index (κ1) is 15.3. The van der Waals surface area contributed by atoms with E-state index in [0.29, 0.717) is 11.8 Å². The van der Waals surface area contributed by atoms with Crippen LogP contribution in [-0.2, 0) is 0 Å². The highest BCUT2D eigenvalue weighted by molar-refractivity contribution is 5.32. The minimum Gasteiger partial charge on any atom is -0.392 e. The van der Waals surface area contributed by atoms with E-state index in [-0.39, 0.29) is 12.2 Å². The molecular formula is C18H29NO2. The molecule has 0 saturated carbocycles. The van der Waals surface area contributed by atoms with E-state index in [1.807, 2.05) is 0 Å². The Kier molecular flexibility index (Phi) is 4.82. The van der Waals surface area contributed by atoms with Gasteiger partial charge in [-0.15, -0.1) is 0 Å². The Balaban J connectivity index is 1.46. The summed E-state index contributed by atoms with van der Waals surface area (Å²) in [5.74, 6) is 0.832. The van der Waals surface area contributed by atoms with Gasteiger partial charge in [0.15, 0.2) is 0 Å². The van der Waals surface area contributed by atoms with Gasteiger partial charge in [0, 0.05) is 12.5 Å². The van der Waals surface area contributed by atoms with Gasteiger partial charge < -0.3 is 15.1 Å². The van der Waals surface area contributed by atoms with E-state index in [1.54, 1.807) is 0 Å². The normalized spacial score (nSPS) is 37.1. The zero-order valence-electron chi connectivity index (χ0n) is 13.2. The van der Waals surface area contributed by atoms with E-state index < -0.39 is 0 Å². The molecule has 4 unspecified atom stereocenters. The second kappa shape index (κ2) is 6.64. The van der Waals surface area contributed by atoms with Crippen molar-refractivity contribution in [3.63, 3.8) is 0 Å². The van der Waals surface area contributed by atoms with Crippen LogP contribution in [0.1, 0.15) is 45.4 Å². The molecule has 21 heavy (non-hydrogen) atoms. The lowest BCUT2D eigenvalue weighted by atomic mass is 9.89. The molecule has 0 aromatic carbocycles. The molecule has 2 aliphatic carbocycles. The summed E-state index contributed by atoms with van der Waals surface area (Å²) < 4.78 is 0. The molecule has 3 heteroatoms. The lowest BCUT2D eigenvalue weighted by Gasteiger charge is -2.34. The molecule has 3 nitrogen and oxygen atoms in total. The summed E-state index contributed by atoms with van der Waals surface area (Å²) in [6.45, 7) is 5.14. The number of nitrogens with zero attached hydrogens (tertiary/aromatic N) is 1. The number of aliphatic hydroxyl groups is 2. The van der Waals surface area contributed by atoms with Gasteiger partial charge in [-0.05, 0) is 57.5 Å². The van der Waals surface area contributed by atoms with Crippen LogP contribution in [0.2, 0.25) is 0 Å². The van der Waals surface area contributed by atoms with Crippen molar-refractivity contribution in [3.05, 3.63) is 23.3 Å². The molecule has 0 amide bonds. The van der Waals surface area contributed by atoms with Crippen molar-refractivity contribution in [1.82, 2.24) is 4.90 Å². The molecule has 2 N–H and O–H groups in total. The van der Waals surface area contributed by atoms with Gasteiger partial charge in [0.2, 0.25) is 0 Å². The Morgan fingerprint density at radius 2 is 2.00 bits per heavy atom. The van der Waals surface area contributed by atoms with Crippen molar-refractivity contribution in [2.24, 2.45) is 11.8 Å². The first-order chi connectivity index (χ1) is 10.1. The van der Waals surface area contributed by atoms with Gasteiger partial charge in [-0.3, -0.25) is 0 Å². The van der Waals surface area contributed by atoms with Crippen LogP contribution in [0.4, 0.5) is 0 Å². The standard InChI is InChI=1S/C18H29NO2/c1-13-8-10-19(12-18(13)21)9-4-7-16-15-6-3-2-5-14(15)11-17(16)20/h2-3,13,16-18,20-21H,4-12H2,1H3. The van der Waals surface area contributed by atoms with Crippen molar-refractivity contribution in [2.75, 3.05) is 19.6 Å². The minimum atomic E-state index is -0.159. The van der Waals surface area contributed by atoms with Crippen LogP contribution >= 0.6 is 0 Å². The number of aliphatic hydroxyl groups excluding tert-OH is 2. The highest BCUT2D eigenvalue weighted by atomic mass is 16.3. The van der Waals surface area contributed by atoms with E-state index >= 15 is 0 Å². The van der Waals surface area contributed by atoms with Gasteiger partial charge in [0.25, 0.3) is 0 Å². The van der Waals surface area contributed by atoms with Crippen molar-refractivity contribution in [3.8, 4) is 0 Å². The van der Waals surface area contributed by atoms with Crippen LogP contribution in [0.25, 0.3) is 0 Å². The van der Waals surface area contributed by atoms with Gasteiger partial charge in [-0.2, -0.15) is 0 Å². The third-order valence-electron chi connectivity index (χ3n) is 5.68. The molecule has 1 saturated heterocycles. The maximum absolute atomic E-state index is 10.3. The van der Waals surface area contributed by atoms with E-state index in [0.717, 1.165) is 58.2 Å². The number of hydrogen-bond donors (Lipinski definition) is 2. The fourth-order valence-corrected chi connectivity index (χ4v) is 4.19. The topological polar surface area (TPSA) is 43.7 Å². The molecular weight excluding hydrogens is 262 g/mol. The largest absolute Gasteiger partial charge is 0.392 e. The smallest absolute Gasteiger partial charge is 0.0693 e. The lowest BCUT2D eigenvalue weighted by Crippen LogP contribution is -2.43. The first-order valence-corrected chi connectivity index (χ1v) is 8.59. The van der Waals surface area contributed by atoms with Gasteiger partial charge in [0.1, 0.15) is 0 Å². The summed E-state index contributed by atoms with van der Waals surface area (Å²) in [6, 6.07) is 0. The van der Waals surface area contributed by atoms with Gasteiger partial charge in [0.05, 0.1) is 12.2 Å². The monoisotopic (exact) mass is 291 g/mol. The molecule has 3 rings (SSSR count). The van der Waals surface area contributed by atoms with Crippen molar-refractivity contribution < 1.29 is 10.2 Å². The summed E-state index contributed by atoms with van der Waals surface area (Å²) >= 11 is 0. The molecule has 0 radical (unpaired) electrons. The molecule has 3 aliphatic rings. The van der Waals surface area contributed by atoms with Crippen LogP contribution in [0.3, 0.4) is 0 Å². The Morgan fingerprint density at radius 3 is 2.81 bits per heavy atom. The quantitative estimate of drug-likeness (QED) is 0.782. The predicted molar refractivity (Wildman–Crippen MR) is 85.0 cm³/mol. The average Bonchev–Trinajstić information content (AvgIpc) is 2.79. The molecule has 0 aromatic heterocycles. The first-order valence-electron chi connectivity index (χ1n) is 8.59. The number of hydrogen-bond acceptors (Lipinski definition) is 3. The second-order valence-corrected chi connectivity index (χ2v) is 7.16. The van der Waals surface area contributed by atoms with Crippen LogP contribution < -0.4 is 0 Å². The maximum atomic E-state index is 10.3. The number of allylic oxidation sites excluding steroid dienone is 2. The number of β-amino-alcohol motifs (C(OH)–C–C–N with tert-alkyl or cyclic N) is 1. The van der Waals surface area contributed by atoms with Crippen LogP contribution in [-0.4, -0.2) is 47.0 Å². The van der Waals surface area contributed by atoms with E-state index in [9.17, 15) is 10.2 Å². The zero-order chi connectivity index (χ0) is 14.8. The van der Waals surface area contributed by atoms with Crippen molar-refractivity contribution >= 4 is 0 Å². The number of piperidine rings is 1. The Hall–Kier alpha value is -0.640. The molecule has 1 fully saturated rings. The fourth-order valence-electron chi connectivity index (χ4n) is 4.19. The van der Waals surface area contributed by atoms with Crippen molar-refractivity contribution in [1.29, 1.82) is 0 Å². The summed E-state index contributed by atoms with van der Waals surface area (Å²) in [5, 5.41) is 20.3. The summed E-state index contributed by atoms with van der Waals surface area (Å²) in [5.41, 5.74) is 3.02. The number of likely N-dealkylation sites (tertiary alicyclic amines) is 1. The van der Waals surface area contributed by atoms with E-state index in [2.05, 4.69) is 24.0 Å². The van der Waals surface area contributed by atoms with Crippen molar-refractivity contribution in [2.45, 2.75) is 57.7 Å². The molecule has 1 heterocycles. The second-order valence-electron chi connectivity index (χ2n) is 7.16. The maximum Gasteiger partial charge on any atom is 0.0693 e. The highest BCUT2D eigenvalue weighted by Crippen LogP contribution is 2.41. The third kappa shape index (κ3) is 3.41. The zero-order valence-corrected chi connectivity index (χ0v) is 13.2. The molecule has 0 bridgehead atoms. The predicted octanol–water partition coefficient (Wildman–Crippen LogP) is 2.50. The van der Waals surface area contributed by atoms with Gasteiger partial charge in [-0.1, -0.05) is 30.2 Å². The average molecular weight is 291 g/mol. The number of rotatable bonds is 4. The Labute approximate surface area is 128 Å². The third-order valence-corrected chi connectivity index (χ3v) is 5.68. The fraction of sp³-hybridized carbons (Fsp3) is 0.778. The molecule has 0 spiro atoms. The molecule has 118 valence electrons. The van der Waals surface area contributed by atoms with Crippen LogP contribution in [0.15, 0.2) is 23.3 Å². The molecule has 0 aromatic rings. The van der Waals surface area contributed by atoms with Crippen LogP contribution in [0, 0.1) is 11.8 Å². The molecule has 1 aliphatic heterocycles. The van der Waals surface area contributed by atoms with Gasteiger partial charge in [-0.25, -0.2) is 0 Å². The van der Waals surface area contributed by atoms with Gasteiger partial charge >= 0.3 is 0 Å². The summed E-state index contributed by atoms with van der Waals surface area (Å²) in [6.07, 6.45) is 10.5. The van der Waals surface area contributed by atoms with E-state index in [1.165, 1.54) is 11.1 Å². The van der Waals surface area contributed by atoms with Crippen LogP contribution in [0.5, 0.6) is 0 Å². The highest BCUT2D eigenvalue weighted by Gasteiger charge is 2.33. The van der Waals surface area contributed by atoms with E-state index in [4.69, 9.17) is 0 Å². The Bertz CT molecular complexity index is 429.